The van der Waals surface area contributed by atoms with Crippen LogP contribution in [0.5, 0.6) is 5.75 Å². The van der Waals surface area contributed by atoms with Gasteiger partial charge in [0.25, 0.3) is 5.91 Å². The Morgan fingerprint density at radius 1 is 1.23 bits per heavy atom. The zero-order valence-corrected chi connectivity index (χ0v) is 18.0. The molecule has 1 N–H and O–H groups in total. The van der Waals surface area contributed by atoms with Crippen molar-refractivity contribution in [2.75, 3.05) is 13.2 Å². The van der Waals surface area contributed by atoms with Crippen molar-refractivity contribution in [3.05, 3.63) is 82.9 Å². The smallest absolute Gasteiger partial charge is 0.339 e. The highest BCUT2D eigenvalue weighted by atomic mass is 35.5. The Kier molecular flexibility index (Phi) is 7.67. The minimum atomic E-state index is -1.10. The molecule has 0 saturated heterocycles. The summed E-state index contributed by atoms with van der Waals surface area (Å²) in [5.74, 6) is -1.17. The Hall–Kier alpha value is -3.32. The maximum atomic E-state index is 13.0. The maximum absolute atomic E-state index is 13.0. The SMILES string of the molecule is Cc1ccc(C(=O)O)c(OCC(=O)N(CCCn2ccnc2)Cc2ccccc2Cl)c1. The van der Waals surface area contributed by atoms with Crippen LogP contribution in [0.4, 0.5) is 0 Å². The molecule has 3 rings (SSSR count). The second-order valence-corrected chi connectivity index (χ2v) is 7.56. The Morgan fingerprint density at radius 3 is 2.74 bits per heavy atom. The summed E-state index contributed by atoms with van der Waals surface area (Å²) in [5.41, 5.74) is 1.71. The van der Waals surface area contributed by atoms with Gasteiger partial charge in [-0.05, 0) is 42.7 Å². The fourth-order valence-corrected chi connectivity index (χ4v) is 3.34. The van der Waals surface area contributed by atoms with Crippen LogP contribution in [0.2, 0.25) is 5.02 Å². The summed E-state index contributed by atoms with van der Waals surface area (Å²) in [5, 5.41) is 9.95. The number of carbonyl (C=O) groups excluding carboxylic acids is 1. The van der Waals surface area contributed by atoms with E-state index in [1.165, 1.54) is 6.07 Å². The van der Waals surface area contributed by atoms with Crippen LogP contribution in [-0.2, 0) is 17.9 Å². The van der Waals surface area contributed by atoms with Crippen molar-refractivity contribution in [3.8, 4) is 5.75 Å². The van der Waals surface area contributed by atoms with Crippen LogP contribution in [0.15, 0.2) is 61.2 Å². The molecule has 31 heavy (non-hydrogen) atoms. The number of ether oxygens (including phenoxy) is 1. The molecule has 1 aromatic heterocycles. The molecule has 0 atom stereocenters. The second kappa shape index (κ2) is 10.6. The fourth-order valence-electron chi connectivity index (χ4n) is 3.14. The molecule has 8 heteroatoms. The molecular formula is C23H24ClN3O4. The predicted molar refractivity (Wildman–Crippen MR) is 117 cm³/mol. The summed E-state index contributed by atoms with van der Waals surface area (Å²) in [6.45, 7) is 3.12. The first-order chi connectivity index (χ1) is 14.9. The van der Waals surface area contributed by atoms with E-state index < -0.39 is 5.97 Å². The molecule has 0 radical (unpaired) electrons. The van der Waals surface area contributed by atoms with E-state index in [0.717, 1.165) is 17.5 Å². The summed E-state index contributed by atoms with van der Waals surface area (Å²) < 4.78 is 7.57. The molecule has 0 spiro atoms. The molecule has 0 unspecified atom stereocenters. The number of imidazole rings is 1. The third-order valence-electron chi connectivity index (χ3n) is 4.79. The number of aromatic carboxylic acids is 1. The normalized spacial score (nSPS) is 10.6. The van der Waals surface area contributed by atoms with Gasteiger partial charge in [-0.25, -0.2) is 9.78 Å². The summed E-state index contributed by atoms with van der Waals surface area (Å²) >= 11 is 6.29. The van der Waals surface area contributed by atoms with Gasteiger partial charge < -0.3 is 19.3 Å². The third kappa shape index (κ3) is 6.33. The van der Waals surface area contributed by atoms with E-state index >= 15 is 0 Å². The predicted octanol–water partition coefficient (Wildman–Crippen LogP) is 4.04. The topological polar surface area (TPSA) is 84.7 Å². The lowest BCUT2D eigenvalue weighted by Gasteiger charge is -2.24. The molecule has 0 aliphatic heterocycles. The number of amides is 1. The number of rotatable bonds is 10. The molecule has 162 valence electrons. The van der Waals surface area contributed by atoms with E-state index in [1.54, 1.807) is 35.6 Å². The number of hydrogen-bond donors (Lipinski definition) is 1. The molecule has 7 nitrogen and oxygen atoms in total. The van der Waals surface area contributed by atoms with Gasteiger partial charge >= 0.3 is 5.97 Å². The Balaban J connectivity index is 1.69. The van der Waals surface area contributed by atoms with Gasteiger partial charge in [-0.2, -0.15) is 0 Å². The van der Waals surface area contributed by atoms with Crippen LogP contribution in [0.25, 0.3) is 0 Å². The largest absolute Gasteiger partial charge is 0.483 e. The highest BCUT2D eigenvalue weighted by Gasteiger charge is 2.18. The summed E-state index contributed by atoms with van der Waals surface area (Å²) in [7, 11) is 0. The van der Waals surface area contributed by atoms with Crippen molar-refractivity contribution in [2.24, 2.45) is 0 Å². The minimum Gasteiger partial charge on any atom is -0.483 e. The van der Waals surface area contributed by atoms with Gasteiger partial charge in [0.05, 0.1) is 6.33 Å². The van der Waals surface area contributed by atoms with E-state index in [1.807, 2.05) is 35.9 Å². The van der Waals surface area contributed by atoms with Crippen molar-refractivity contribution in [3.63, 3.8) is 0 Å². The number of carbonyl (C=O) groups is 2. The lowest BCUT2D eigenvalue weighted by molar-refractivity contribution is -0.134. The highest BCUT2D eigenvalue weighted by Crippen LogP contribution is 2.21. The van der Waals surface area contributed by atoms with Crippen molar-refractivity contribution in [1.82, 2.24) is 14.5 Å². The summed E-state index contributed by atoms with van der Waals surface area (Å²) in [6.07, 6.45) is 6.03. The van der Waals surface area contributed by atoms with E-state index in [-0.39, 0.29) is 23.8 Å². The van der Waals surface area contributed by atoms with Gasteiger partial charge in [0.15, 0.2) is 6.61 Å². The standard InChI is InChI=1S/C23H24ClN3O4/c1-17-7-8-19(23(29)30)21(13-17)31-15-22(28)27(11-4-10-26-12-9-25-16-26)14-18-5-2-3-6-20(18)24/h2-3,5-9,12-13,16H,4,10-11,14-15H2,1H3,(H,29,30). The first kappa shape index (κ1) is 22.4. The molecule has 0 bridgehead atoms. The Morgan fingerprint density at radius 2 is 2.03 bits per heavy atom. The quantitative estimate of drug-likeness (QED) is 0.513. The fraction of sp³-hybridized carbons (Fsp3) is 0.261. The van der Waals surface area contributed by atoms with Gasteiger partial charge in [0, 0.05) is 37.1 Å². The van der Waals surface area contributed by atoms with Crippen molar-refractivity contribution < 1.29 is 19.4 Å². The van der Waals surface area contributed by atoms with Crippen LogP contribution in [0, 0.1) is 6.92 Å². The molecule has 0 aliphatic rings. The minimum absolute atomic E-state index is 0.0242. The van der Waals surface area contributed by atoms with Crippen molar-refractivity contribution >= 4 is 23.5 Å². The van der Waals surface area contributed by atoms with E-state index in [2.05, 4.69) is 4.98 Å². The maximum Gasteiger partial charge on any atom is 0.339 e. The first-order valence-corrected chi connectivity index (χ1v) is 10.3. The number of nitrogens with zero attached hydrogens (tertiary/aromatic N) is 3. The number of carboxylic acid groups (broad SMARTS) is 1. The molecule has 1 amide bonds. The molecule has 3 aromatic rings. The molecule has 1 heterocycles. The summed E-state index contributed by atoms with van der Waals surface area (Å²) in [4.78, 5) is 30.1. The van der Waals surface area contributed by atoms with Crippen LogP contribution in [0.3, 0.4) is 0 Å². The third-order valence-corrected chi connectivity index (χ3v) is 5.16. The summed E-state index contributed by atoms with van der Waals surface area (Å²) in [6, 6.07) is 12.2. The first-order valence-electron chi connectivity index (χ1n) is 9.87. The molecule has 0 aliphatic carbocycles. The highest BCUT2D eigenvalue weighted by molar-refractivity contribution is 6.31. The van der Waals surface area contributed by atoms with E-state index in [0.29, 0.717) is 24.7 Å². The van der Waals surface area contributed by atoms with Gasteiger partial charge in [0.1, 0.15) is 11.3 Å². The van der Waals surface area contributed by atoms with Crippen LogP contribution >= 0.6 is 11.6 Å². The second-order valence-electron chi connectivity index (χ2n) is 7.15. The van der Waals surface area contributed by atoms with Crippen molar-refractivity contribution in [1.29, 1.82) is 0 Å². The number of hydrogen-bond acceptors (Lipinski definition) is 4. The van der Waals surface area contributed by atoms with Gasteiger partial charge in [0.2, 0.25) is 0 Å². The molecule has 0 fully saturated rings. The molecule has 0 saturated carbocycles. The van der Waals surface area contributed by atoms with E-state index in [9.17, 15) is 14.7 Å². The Labute approximate surface area is 185 Å². The monoisotopic (exact) mass is 441 g/mol. The lowest BCUT2D eigenvalue weighted by Crippen LogP contribution is -2.36. The number of benzene rings is 2. The number of halogens is 1. The zero-order chi connectivity index (χ0) is 22.2. The number of aromatic nitrogens is 2. The average Bonchev–Trinajstić information content (AvgIpc) is 3.26. The van der Waals surface area contributed by atoms with Crippen LogP contribution < -0.4 is 4.74 Å². The van der Waals surface area contributed by atoms with Crippen molar-refractivity contribution in [2.45, 2.75) is 26.4 Å². The van der Waals surface area contributed by atoms with Gasteiger partial charge in [-0.3, -0.25) is 4.79 Å². The van der Waals surface area contributed by atoms with Gasteiger partial charge in [-0.15, -0.1) is 0 Å². The number of carboxylic acids is 1. The number of aryl methyl sites for hydroxylation is 2. The zero-order valence-electron chi connectivity index (χ0n) is 17.2. The average molecular weight is 442 g/mol. The van der Waals surface area contributed by atoms with Gasteiger partial charge in [-0.1, -0.05) is 35.9 Å². The van der Waals surface area contributed by atoms with Crippen LogP contribution in [-0.4, -0.2) is 44.6 Å². The molecular weight excluding hydrogens is 418 g/mol. The lowest BCUT2D eigenvalue weighted by atomic mass is 10.1. The van der Waals surface area contributed by atoms with E-state index in [4.69, 9.17) is 16.3 Å². The Bertz CT molecular complexity index is 1040. The van der Waals surface area contributed by atoms with Crippen LogP contribution in [0.1, 0.15) is 27.9 Å². The molecule has 2 aromatic carbocycles.